The number of anilines is 1. The lowest BCUT2D eigenvalue weighted by atomic mass is 9.85. The maximum Gasteiger partial charge on any atom is 0.130 e. The fourth-order valence-electron chi connectivity index (χ4n) is 3.55. The van der Waals surface area contributed by atoms with Crippen LogP contribution in [-0.2, 0) is 0 Å². The van der Waals surface area contributed by atoms with Gasteiger partial charge in [-0.25, -0.2) is 4.98 Å². The van der Waals surface area contributed by atoms with E-state index in [1.807, 2.05) is 19.1 Å². The molecule has 3 rings (SSSR count). The number of nitrogens with zero attached hydrogens (tertiary/aromatic N) is 3. The first-order chi connectivity index (χ1) is 8.78. The Balaban J connectivity index is 1.91. The summed E-state index contributed by atoms with van der Waals surface area (Å²) >= 11 is 0. The largest absolute Gasteiger partial charge is 0.353 e. The SMILES string of the molecule is Cc1cc(C#N)cc(N2CCC3CCCCC32)n1. The Morgan fingerprint density at radius 1 is 1.28 bits per heavy atom. The van der Waals surface area contributed by atoms with Crippen molar-refractivity contribution < 1.29 is 0 Å². The molecule has 1 saturated carbocycles. The summed E-state index contributed by atoms with van der Waals surface area (Å²) in [6, 6.07) is 6.71. The quantitative estimate of drug-likeness (QED) is 0.758. The first-order valence-corrected chi connectivity index (χ1v) is 6.93. The van der Waals surface area contributed by atoms with Crippen molar-refractivity contribution in [1.29, 1.82) is 5.26 Å². The highest BCUT2D eigenvalue weighted by atomic mass is 15.2. The van der Waals surface area contributed by atoms with Gasteiger partial charge in [-0.1, -0.05) is 12.8 Å². The van der Waals surface area contributed by atoms with E-state index in [1.165, 1.54) is 32.1 Å². The van der Waals surface area contributed by atoms with Crippen molar-refractivity contribution in [3.05, 3.63) is 23.4 Å². The van der Waals surface area contributed by atoms with E-state index in [1.54, 1.807) is 0 Å². The molecular formula is C15H19N3. The predicted octanol–water partition coefficient (Wildman–Crippen LogP) is 3.03. The minimum absolute atomic E-state index is 0.666. The predicted molar refractivity (Wildman–Crippen MR) is 71.4 cm³/mol. The number of aromatic nitrogens is 1. The molecule has 2 atom stereocenters. The van der Waals surface area contributed by atoms with E-state index in [2.05, 4.69) is 16.0 Å². The summed E-state index contributed by atoms with van der Waals surface area (Å²) in [5, 5.41) is 9.07. The van der Waals surface area contributed by atoms with Crippen LogP contribution in [0.15, 0.2) is 12.1 Å². The second kappa shape index (κ2) is 4.61. The van der Waals surface area contributed by atoms with Crippen molar-refractivity contribution in [2.45, 2.75) is 45.1 Å². The van der Waals surface area contributed by atoms with Gasteiger partial charge in [-0.3, -0.25) is 0 Å². The van der Waals surface area contributed by atoms with Crippen LogP contribution in [0.3, 0.4) is 0 Å². The minimum Gasteiger partial charge on any atom is -0.353 e. The Morgan fingerprint density at radius 2 is 2.11 bits per heavy atom. The Hall–Kier alpha value is -1.56. The van der Waals surface area contributed by atoms with Crippen LogP contribution in [0.2, 0.25) is 0 Å². The highest BCUT2D eigenvalue weighted by Gasteiger charge is 2.36. The van der Waals surface area contributed by atoms with Gasteiger partial charge in [0.25, 0.3) is 0 Å². The summed E-state index contributed by atoms with van der Waals surface area (Å²) in [7, 11) is 0. The van der Waals surface area contributed by atoms with E-state index >= 15 is 0 Å². The zero-order chi connectivity index (χ0) is 12.5. The van der Waals surface area contributed by atoms with Crippen molar-refractivity contribution in [3.8, 4) is 6.07 Å². The van der Waals surface area contributed by atoms with Crippen LogP contribution in [0.25, 0.3) is 0 Å². The molecule has 2 heterocycles. The molecule has 0 amide bonds. The smallest absolute Gasteiger partial charge is 0.130 e. The summed E-state index contributed by atoms with van der Waals surface area (Å²) < 4.78 is 0. The summed E-state index contributed by atoms with van der Waals surface area (Å²) in [6.07, 6.45) is 6.69. The lowest BCUT2D eigenvalue weighted by Crippen LogP contribution is -2.35. The molecule has 18 heavy (non-hydrogen) atoms. The molecule has 3 nitrogen and oxygen atoms in total. The van der Waals surface area contributed by atoms with Crippen molar-refractivity contribution in [2.75, 3.05) is 11.4 Å². The van der Waals surface area contributed by atoms with Crippen molar-refractivity contribution in [2.24, 2.45) is 5.92 Å². The number of rotatable bonds is 1. The molecule has 0 bridgehead atoms. The molecular weight excluding hydrogens is 222 g/mol. The van der Waals surface area contributed by atoms with Gasteiger partial charge in [0.05, 0.1) is 11.6 Å². The molecule has 0 N–H and O–H groups in total. The monoisotopic (exact) mass is 241 g/mol. The lowest BCUT2D eigenvalue weighted by molar-refractivity contribution is 0.341. The van der Waals surface area contributed by atoms with Crippen LogP contribution in [-0.4, -0.2) is 17.6 Å². The second-order valence-electron chi connectivity index (χ2n) is 5.56. The van der Waals surface area contributed by atoms with E-state index in [-0.39, 0.29) is 0 Å². The Kier molecular flexibility index (Phi) is 2.95. The Bertz CT molecular complexity index is 489. The minimum atomic E-state index is 0.666. The second-order valence-corrected chi connectivity index (χ2v) is 5.56. The zero-order valence-electron chi connectivity index (χ0n) is 10.9. The van der Waals surface area contributed by atoms with Gasteiger partial charge >= 0.3 is 0 Å². The number of hydrogen-bond donors (Lipinski definition) is 0. The van der Waals surface area contributed by atoms with Gasteiger partial charge in [0.2, 0.25) is 0 Å². The molecule has 0 spiro atoms. The average Bonchev–Trinajstić information content (AvgIpc) is 2.81. The third-order valence-corrected chi connectivity index (χ3v) is 4.37. The lowest BCUT2D eigenvalue weighted by Gasteiger charge is -2.32. The molecule has 94 valence electrons. The Labute approximate surface area is 108 Å². The van der Waals surface area contributed by atoms with Crippen molar-refractivity contribution in [1.82, 2.24) is 4.98 Å². The number of nitriles is 1. The van der Waals surface area contributed by atoms with Crippen LogP contribution in [0, 0.1) is 24.2 Å². The Morgan fingerprint density at radius 3 is 2.94 bits per heavy atom. The average molecular weight is 241 g/mol. The molecule has 0 radical (unpaired) electrons. The standard InChI is InChI=1S/C15H19N3/c1-11-8-12(10-16)9-15(17-11)18-7-6-13-4-2-3-5-14(13)18/h8-9,13-14H,2-7H2,1H3. The van der Waals surface area contributed by atoms with Crippen LogP contribution in [0.1, 0.15) is 43.4 Å². The first kappa shape index (κ1) is 11.5. The van der Waals surface area contributed by atoms with E-state index in [0.29, 0.717) is 6.04 Å². The molecule has 3 heteroatoms. The van der Waals surface area contributed by atoms with Gasteiger partial charge in [0.15, 0.2) is 0 Å². The molecule has 2 unspecified atom stereocenters. The van der Waals surface area contributed by atoms with E-state index in [4.69, 9.17) is 5.26 Å². The van der Waals surface area contributed by atoms with E-state index in [9.17, 15) is 0 Å². The number of hydrogen-bond acceptors (Lipinski definition) is 3. The molecule has 2 aliphatic rings. The highest BCUT2D eigenvalue weighted by Crippen LogP contribution is 2.38. The van der Waals surface area contributed by atoms with Crippen LogP contribution in [0.5, 0.6) is 0 Å². The third kappa shape index (κ3) is 1.96. The summed E-state index contributed by atoms with van der Waals surface area (Å²) in [6.45, 7) is 3.08. The number of pyridine rings is 1. The molecule has 2 fully saturated rings. The molecule has 1 aliphatic carbocycles. The first-order valence-electron chi connectivity index (χ1n) is 6.93. The van der Waals surface area contributed by atoms with Gasteiger partial charge in [-0.2, -0.15) is 5.26 Å². The van der Waals surface area contributed by atoms with E-state index in [0.717, 1.165) is 29.5 Å². The van der Waals surface area contributed by atoms with Gasteiger partial charge in [-0.05, 0) is 44.2 Å². The number of aryl methyl sites for hydroxylation is 1. The fourth-order valence-corrected chi connectivity index (χ4v) is 3.55. The van der Waals surface area contributed by atoms with E-state index < -0.39 is 0 Å². The van der Waals surface area contributed by atoms with Crippen LogP contribution in [0.4, 0.5) is 5.82 Å². The fraction of sp³-hybridized carbons (Fsp3) is 0.600. The number of fused-ring (bicyclic) bond motifs is 1. The van der Waals surface area contributed by atoms with Gasteiger partial charge in [0.1, 0.15) is 5.82 Å². The summed E-state index contributed by atoms with van der Waals surface area (Å²) in [5.74, 6) is 1.87. The van der Waals surface area contributed by atoms with Crippen molar-refractivity contribution in [3.63, 3.8) is 0 Å². The van der Waals surface area contributed by atoms with Gasteiger partial charge in [-0.15, -0.1) is 0 Å². The molecule has 0 aromatic carbocycles. The summed E-state index contributed by atoms with van der Waals surface area (Å²) in [5.41, 5.74) is 1.68. The van der Waals surface area contributed by atoms with Gasteiger partial charge in [0, 0.05) is 18.3 Å². The molecule has 1 aliphatic heterocycles. The molecule has 1 aromatic rings. The summed E-state index contributed by atoms with van der Waals surface area (Å²) in [4.78, 5) is 7.07. The zero-order valence-corrected chi connectivity index (χ0v) is 10.9. The highest BCUT2D eigenvalue weighted by molar-refractivity contribution is 5.48. The van der Waals surface area contributed by atoms with Gasteiger partial charge < -0.3 is 4.90 Å². The molecule has 1 aromatic heterocycles. The normalized spacial score (nSPS) is 26.8. The maximum atomic E-state index is 9.07. The topological polar surface area (TPSA) is 39.9 Å². The third-order valence-electron chi connectivity index (χ3n) is 4.37. The molecule has 1 saturated heterocycles. The van der Waals surface area contributed by atoms with Crippen LogP contribution >= 0.6 is 0 Å². The van der Waals surface area contributed by atoms with Crippen molar-refractivity contribution >= 4 is 5.82 Å². The maximum absolute atomic E-state index is 9.07. The van der Waals surface area contributed by atoms with Crippen LogP contribution < -0.4 is 4.90 Å².